The maximum Gasteiger partial charge on any atom is 0.331 e. The Labute approximate surface area is 200 Å². The van der Waals surface area contributed by atoms with E-state index in [0.717, 1.165) is 10.9 Å². The van der Waals surface area contributed by atoms with Crippen LogP contribution >= 0.6 is 0 Å². The number of aromatic nitrogens is 1. The SMILES string of the molecule is O=C(COC(=O)C=Cc1ccc2ccccc2n1)Nc1cccc2c1C(=O)c1ccccc1C2=O. The normalized spacial score (nSPS) is 12.3. The van der Waals surface area contributed by atoms with Crippen molar-refractivity contribution in [1.82, 2.24) is 4.98 Å². The molecule has 1 aromatic heterocycles. The van der Waals surface area contributed by atoms with Crippen molar-refractivity contribution in [1.29, 1.82) is 0 Å². The van der Waals surface area contributed by atoms with Crippen molar-refractivity contribution >= 4 is 46.1 Å². The van der Waals surface area contributed by atoms with E-state index in [4.69, 9.17) is 4.74 Å². The molecule has 0 saturated carbocycles. The molecule has 0 radical (unpaired) electrons. The first-order valence-corrected chi connectivity index (χ1v) is 10.8. The topological polar surface area (TPSA) is 102 Å². The molecule has 170 valence electrons. The van der Waals surface area contributed by atoms with Crippen LogP contribution in [0.1, 0.15) is 37.5 Å². The number of anilines is 1. The van der Waals surface area contributed by atoms with Crippen LogP contribution in [0.4, 0.5) is 5.69 Å². The summed E-state index contributed by atoms with van der Waals surface area (Å²) in [5.41, 5.74) is 2.51. The van der Waals surface area contributed by atoms with Gasteiger partial charge in [-0.05, 0) is 24.3 Å². The molecular formula is C28H18N2O5. The van der Waals surface area contributed by atoms with Crippen molar-refractivity contribution in [3.8, 4) is 0 Å². The van der Waals surface area contributed by atoms with E-state index in [1.165, 1.54) is 18.2 Å². The second kappa shape index (κ2) is 9.15. The third-order valence-corrected chi connectivity index (χ3v) is 5.58. The quantitative estimate of drug-likeness (QED) is 0.310. The average Bonchev–Trinajstić information content (AvgIpc) is 2.89. The Kier molecular flexibility index (Phi) is 5.73. The molecule has 7 nitrogen and oxygen atoms in total. The Morgan fingerprint density at radius 2 is 1.51 bits per heavy atom. The van der Waals surface area contributed by atoms with E-state index in [1.54, 1.807) is 42.5 Å². The Bertz CT molecular complexity index is 1550. The van der Waals surface area contributed by atoms with Gasteiger partial charge in [0.2, 0.25) is 0 Å². The summed E-state index contributed by atoms with van der Waals surface area (Å²) in [4.78, 5) is 54.8. The molecule has 0 saturated heterocycles. The summed E-state index contributed by atoms with van der Waals surface area (Å²) in [7, 11) is 0. The summed E-state index contributed by atoms with van der Waals surface area (Å²) >= 11 is 0. The average molecular weight is 462 g/mol. The molecule has 0 unspecified atom stereocenters. The van der Waals surface area contributed by atoms with Crippen LogP contribution in [0.5, 0.6) is 0 Å². The number of hydrogen-bond acceptors (Lipinski definition) is 6. The van der Waals surface area contributed by atoms with E-state index >= 15 is 0 Å². The van der Waals surface area contributed by atoms with Crippen molar-refractivity contribution in [2.75, 3.05) is 11.9 Å². The number of nitrogens with one attached hydrogen (secondary N) is 1. The number of carbonyl (C=O) groups excluding carboxylic acids is 4. The maximum absolute atomic E-state index is 13.0. The summed E-state index contributed by atoms with van der Waals surface area (Å²) in [5.74, 6) is -1.99. The van der Waals surface area contributed by atoms with Crippen LogP contribution in [-0.2, 0) is 14.3 Å². The Hall–Kier alpha value is -4.91. The molecule has 1 amide bonds. The Morgan fingerprint density at radius 1 is 0.800 bits per heavy atom. The smallest absolute Gasteiger partial charge is 0.331 e. The number of benzene rings is 3. The summed E-state index contributed by atoms with van der Waals surface area (Å²) in [5, 5.41) is 3.56. The van der Waals surface area contributed by atoms with Gasteiger partial charge in [-0.25, -0.2) is 9.78 Å². The molecule has 7 heteroatoms. The molecule has 1 aliphatic carbocycles. The highest BCUT2D eigenvalue weighted by Gasteiger charge is 2.31. The minimum Gasteiger partial charge on any atom is -0.452 e. The molecule has 5 rings (SSSR count). The van der Waals surface area contributed by atoms with Crippen LogP contribution in [0.2, 0.25) is 0 Å². The maximum atomic E-state index is 13.0. The van der Waals surface area contributed by atoms with E-state index < -0.39 is 18.5 Å². The van der Waals surface area contributed by atoms with E-state index in [1.807, 2.05) is 30.3 Å². The van der Waals surface area contributed by atoms with Crippen LogP contribution in [0.3, 0.4) is 0 Å². The number of ketones is 2. The number of fused-ring (bicyclic) bond motifs is 3. The van der Waals surface area contributed by atoms with Crippen LogP contribution < -0.4 is 5.32 Å². The van der Waals surface area contributed by atoms with Gasteiger partial charge >= 0.3 is 5.97 Å². The molecular weight excluding hydrogens is 444 g/mol. The van der Waals surface area contributed by atoms with Crippen LogP contribution in [0.25, 0.3) is 17.0 Å². The molecule has 0 bridgehead atoms. The van der Waals surface area contributed by atoms with Crippen molar-refractivity contribution in [2.45, 2.75) is 0 Å². The molecule has 1 aliphatic rings. The lowest BCUT2D eigenvalue weighted by molar-refractivity contribution is -0.142. The van der Waals surface area contributed by atoms with E-state index in [0.29, 0.717) is 11.3 Å². The number of ether oxygens (including phenoxy) is 1. The number of rotatable bonds is 5. The van der Waals surface area contributed by atoms with Gasteiger partial charge in [0.1, 0.15) is 0 Å². The van der Waals surface area contributed by atoms with Crippen molar-refractivity contribution in [3.63, 3.8) is 0 Å². The summed E-state index contributed by atoms with van der Waals surface area (Å²) < 4.78 is 5.02. The lowest BCUT2D eigenvalue weighted by Crippen LogP contribution is -2.25. The van der Waals surface area contributed by atoms with Gasteiger partial charge < -0.3 is 10.1 Å². The Balaban J connectivity index is 1.25. The highest BCUT2D eigenvalue weighted by molar-refractivity contribution is 6.30. The second-order valence-electron chi connectivity index (χ2n) is 7.85. The highest BCUT2D eigenvalue weighted by atomic mass is 16.5. The zero-order valence-corrected chi connectivity index (χ0v) is 18.4. The monoisotopic (exact) mass is 462 g/mol. The molecule has 35 heavy (non-hydrogen) atoms. The molecule has 1 heterocycles. The standard InChI is InChI=1S/C28H18N2O5/c31-24(16-35-25(32)15-14-18-13-12-17-6-1-4-10-22(17)29-18)30-23-11-5-9-21-26(23)28(34)20-8-3-2-7-19(20)27(21)33/h1-15H,16H2,(H,30,31). The first-order valence-electron chi connectivity index (χ1n) is 10.8. The number of pyridine rings is 1. The van der Waals surface area contributed by atoms with Gasteiger partial charge in [-0.2, -0.15) is 0 Å². The third kappa shape index (κ3) is 4.35. The zero-order chi connectivity index (χ0) is 24.4. The fraction of sp³-hybridized carbons (Fsp3) is 0.0357. The van der Waals surface area contributed by atoms with Gasteiger partial charge in [-0.15, -0.1) is 0 Å². The van der Waals surface area contributed by atoms with Gasteiger partial charge in [0.15, 0.2) is 18.2 Å². The molecule has 0 aliphatic heterocycles. The van der Waals surface area contributed by atoms with Crippen LogP contribution in [0.15, 0.2) is 84.9 Å². The van der Waals surface area contributed by atoms with Crippen molar-refractivity contribution in [2.24, 2.45) is 0 Å². The van der Waals surface area contributed by atoms with Crippen LogP contribution in [-0.4, -0.2) is 35.0 Å². The fourth-order valence-corrected chi connectivity index (χ4v) is 3.95. The number of carbonyl (C=O) groups is 4. The van der Waals surface area contributed by atoms with Gasteiger partial charge in [0, 0.05) is 28.2 Å². The summed E-state index contributed by atoms with van der Waals surface area (Å²) in [6, 6.07) is 22.5. The molecule has 1 N–H and O–H groups in total. The van der Waals surface area contributed by atoms with E-state index in [-0.39, 0.29) is 33.9 Å². The molecule has 0 fully saturated rings. The van der Waals surface area contributed by atoms with Gasteiger partial charge in [-0.1, -0.05) is 60.7 Å². The minimum atomic E-state index is -0.717. The summed E-state index contributed by atoms with van der Waals surface area (Å²) in [6.07, 6.45) is 2.69. The van der Waals surface area contributed by atoms with E-state index in [9.17, 15) is 19.2 Å². The van der Waals surface area contributed by atoms with Crippen molar-refractivity contribution < 1.29 is 23.9 Å². The first kappa shape index (κ1) is 21.9. The highest BCUT2D eigenvalue weighted by Crippen LogP contribution is 2.31. The molecule has 3 aromatic carbocycles. The number of hydrogen-bond donors (Lipinski definition) is 1. The third-order valence-electron chi connectivity index (χ3n) is 5.58. The van der Waals surface area contributed by atoms with Gasteiger partial charge in [-0.3, -0.25) is 14.4 Å². The molecule has 0 atom stereocenters. The number of para-hydroxylation sites is 1. The van der Waals surface area contributed by atoms with Crippen LogP contribution in [0, 0.1) is 0 Å². The fourth-order valence-electron chi connectivity index (χ4n) is 3.95. The first-order chi connectivity index (χ1) is 17.0. The van der Waals surface area contributed by atoms with E-state index in [2.05, 4.69) is 10.3 Å². The second-order valence-corrected chi connectivity index (χ2v) is 7.85. The predicted octanol–water partition coefficient (Wildman–Crippen LogP) is 4.21. The number of amides is 1. The lowest BCUT2D eigenvalue weighted by atomic mass is 9.83. The van der Waals surface area contributed by atoms with Gasteiger partial charge in [0.05, 0.1) is 22.5 Å². The summed E-state index contributed by atoms with van der Waals surface area (Å²) in [6.45, 7) is -0.559. The predicted molar refractivity (Wildman–Crippen MR) is 130 cm³/mol. The van der Waals surface area contributed by atoms with Crippen molar-refractivity contribution in [3.05, 3.63) is 113 Å². The zero-order valence-electron chi connectivity index (χ0n) is 18.4. The lowest BCUT2D eigenvalue weighted by Gasteiger charge is -2.20. The number of nitrogens with zero attached hydrogens (tertiary/aromatic N) is 1. The largest absolute Gasteiger partial charge is 0.452 e. The molecule has 4 aromatic rings. The number of esters is 1. The Morgan fingerprint density at radius 3 is 2.34 bits per heavy atom. The van der Waals surface area contributed by atoms with Gasteiger partial charge in [0.25, 0.3) is 5.91 Å². The molecule has 0 spiro atoms. The minimum absolute atomic E-state index is 0.123.